The number of hydrogen-bond acceptors (Lipinski definition) is 5. The molecule has 0 aliphatic rings. The van der Waals surface area contributed by atoms with Gasteiger partial charge in [-0.05, 0) is 24.3 Å². The predicted molar refractivity (Wildman–Crippen MR) is 65.8 cm³/mol. The second-order valence-corrected chi connectivity index (χ2v) is 4.67. The smallest absolute Gasteiger partial charge is 0.348 e. The monoisotopic (exact) mass is 260 g/mol. The van der Waals surface area contributed by atoms with Crippen molar-refractivity contribution in [2.75, 3.05) is 0 Å². The van der Waals surface area contributed by atoms with E-state index in [4.69, 9.17) is 0 Å². The quantitative estimate of drug-likeness (QED) is 0.678. The number of aromatic amines is 1. The molecule has 0 atom stereocenters. The van der Waals surface area contributed by atoms with Crippen molar-refractivity contribution in [2.24, 2.45) is 0 Å². The highest BCUT2D eigenvalue weighted by Crippen LogP contribution is 2.27. The van der Waals surface area contributed by atoms with Gasteiger partial charge in [0.2, 0.25) is 0 Å². The molecule has 1 aromatic carbocycles. The minimum atomic E-state index is -0.307. The SMILES string of the molecule is O=c1[nH]nc2cc(Sc3ccc(O)cc3)ncn12. The molecule has 2 N–H and O–H groups in total. The minimum Gasteiger partial charge on any atom is -0.508 e. The lowest BCUT2D eigenvalue weighted by molar-refractivity contribution is 0.475. The highest BCUT2D eigenvalue weighted by molar-refractivity contribution is 7.99. The van der Waals surface area contributed by atoms with Gasteiger partial charge in [-0.25, -0.2) is 19.3 Å². The number of phenolic OH excluding ortho intramolecular Hbond substituents is 1. The van der Waals surface area contributed by atoms with Gasteiger partial charge >= 0.3 is 5.69 Å². The molecule has 0 fully saturated rings. The third-order valence-electron chi connectivity index (χ3n) is 2.34. The first-order valence-electron chi connectivity index (χ1n) is 5.12. The van der Waals surface area contributed by atoms with Crippen LogP contribution in [0.15, 0.2) is 51.4 Å². The van der Waals surface area contributed by atoms with Crippen LogP contribution >= 0.6 is 11.8 Å². The fourth-order valence-electron chi connectivity index (χ4n) is 1.48. The van der Waals surface area contributed by atoms with Gasteiger partial charge < -0.3 is 5.11 Å². The average molecular weight is 260 g/mol. The molecule has 2 aromatic heterocycles. The Balaban J connectivity index is 1.95. The molecule has 0 spiro atoms. The van der Waals surface area contributed by atoms with Crippen LogP contribution in [0.5, 0.6) is 5.75 Å². The Morgan fingerprint density at radius 1 is 1.28 bits per heavy atom. The summed E-state index contributed by atoms with van der Waals surface area (Å²) in [6.45, 7) is 0. The predicted octanol–water partition coefficient (Wildman–Crippen LogP) is 1.27. The van der Waals surface area contributed by atoms with Gasteiger partial charge in [-0.1, -0.05) is 11.8 Å². The van der Waals surface area contributed by atoms with Crippen LogP contribution in [0.25, 0.3) is 5.65 Å². The van der Waals surface area contributed by atoms with E-state index < -0.39 is 0 Å². The van der Waals surface area contributed by atoms with E-state index in [1.54, 1.807) is 30.3 Å². The van der Waals surface area contributed by atoms with Crippen molar-refractivity contribution in [3.05, 3.63) is 47.1 Å². The molecule has 0 amide bonds. The molecule has 3 aromatic rings. The van der Waals surface area contributed by atoms with Crippen molar-refractivity contribution in [3.8, 4) is 5.75 Å². The molecule has 6 nitrogen and oxygen atoms in total. The van der Waals surface area contributed by atoms with Gasteiger partial charge in [0.25, 0.3) is 0 Å². The molecular formula is C11H8N4O2S. The summed E-state index contributed by atoms with van der Waals surface area (Å²) in [4.78, 5) is 16.4. The van der Waals surface area contributed by atoms with Crippen LogP contribution in [0.3, 0.4) is 0 Å². The summed E-state index contributed by atoms with van der Waals surface area (Å²) in [5, 5.41) is 16.1. The number of fused-ring (bicyclic) bond motifs is 1. The number of aromatic hydroxyl groups is 1. The van der Waals surface area contributed by atoms with Gasteiger partial charge in [-0.2, -0.15) is 5.10 Å². The normalized spacial score (nSPS) is 10.9. The van der Waals surface area contributed by atoms with E-state index in [1.165, 1.54) is 22.5 Å². The van der Waals surface area contributed by atoms with Gasteiger partial charge in [0, 0.05) is 11.0 Å². The zero-order valence-electron chi connectivity index (χ0n) is 9.07. The van der Waals surface area contributed by atoms with E-state index in [0.717, 1.165) is 9.92 Å². The van der Waals surface area contributed by atoms with Gasteiger partial charge in [0.05, 0.1) is 0 Å². The lowest BCUT2D eigenvalue weighted by Gasteiger charge is -2.00. The first kappa shape index (κ1) is 10.8. The first-order valence-corrected chi connectivity index (χ1v) is 5.94. The van der Waals surface area contributed by atoms with Gasteiger partial charge in [-0.3, -0.25) is 0 Å². The number of benzene rings is 1. The van der Waals surface area contributed by atoms with E-state index in [-0.39, 0.29) is 11.4 Å². The molecule has 0 bridgehead atoms. The number of hydrogen-bond donors (Lipinski definition) is 2. The molecule has 0 aliphatic carbocycles. The molecule has 0 unspecified atom stereocenters. The van der Waals surface area contributed by atoms with Crippen LogP contribution < -0.4 is 5.69 Å². The van der Waals surface area contributed by atoms with E-state index in [0.29, 0.717) is 5.65 Å². The van der Waals surface area contributed by atoms with Gasteiger partial charge in [-0.15, -0.1) is 0 Å². The third-order valence-corrected chi connectivity index (χ3v) is 3.28. The van der Waals surface area contributed by atoms with Crippen LogP contribution in [-0.2, 0) is 0 Å². The van der Waals surface area contributed by atoms with Crippen LogP contribution in [0.2, 0.25) is 0 Å². The first-order chi connectivity index (χ1) is 8.72. The Morgan fingerprint density at radius 2 is 2.06 bits per heavy atom. The second-order valence-electron chi connectivity index (χ2n) is 3.58. The molecule has 2 heterocycles. The van der Waals surface area contributed by atoms with Gasteiger partial charge in [0.1, 0.15) is 17.1 Å². The van der Waals surface area contributed by atoms with E-state index in [9.17, 15) is 9.90 Å². The maximum atomic E-state index is 11.3. The summed E-state index contributed by atoms with van der Waals surface area (Å²) < 4.78 is 1.33. The maximum absolute atomic E-state index is 11.3. The fourth-order valence-corrected chi connectivity index (χ4v) is 2.26. The fraction of sp³-hybridized carbons (Fsp3) is 0. The maximum Gasteiger partial charge on any atom is 0.348 e. The molecule has 7 heteroatoms. The van der Waals surface area contributed by atoms with E-state index in [2.05, 4.69) is 15.2 Å². The summed E-state index contributed by atoms with van der Waals surface area (Å²) in [7, 11) is 0. The molecule has 18 heavy (non-hydrogen) atoms. The third kappa shape index (κ3) is 1.95. The molecular weight excluding hydrogens is 252 g/mol. The Labute approximate surface area is 105 Å². The molecule has 0 aliphatic heterocycles. The average Bonchev–Trinajstić information content (AvgIpc) is 2.74. The zero-order valence-corrected chi connectivity index (χ0v) is 9.89. The van der Waals surface area contributed by atoms with Gasteiger partial charge in [0.15, 0.2) is 5.65 Å². The summed E-state index contributed by atoms with van der Waals surface area (Å²) in [6.07, 6.45) is 1.43. The van der Waals surface area contributed by atoms with Crippen LogP contribution in [0, 0.1) is 0 Å². The number of H-pyrrole nitrogens is 1. The van der Waals surface area contributed by atoms with Crippen LogP contribution in [-0.4, -0.2) is 24.7 Å². The zero-order chi connectivity index (χ0) is 12.5. The largest absolute Gasteiger partial charge is 0.508 e. The Morgan fingerprint density at radius 3 is 2.83 bits per heavy atom. The summed E-state index contributed by atoms with van der Waals surface area (Å²) in [5.41, 5.74) is 0.218. The Bertz CT molecular complexity index is 748. The summed E-state index contributed by atoms with van der Waals surface area (Å²) in [6, 6.07) is 8.53. The Kier molecular flexibility index (Phi) is 2.52. The lowest BCUT2D eigenvalue weighted by atomic mass is 10.3. The van der Waals surface area contributed by atoms with Crippen molar-refractivity contribution in [3.63, 3.8) is 0 Å². The van der Waals surface area contributed by atoms with E-state index in [1.807, 2.05) is 0 Å². The molecule has 0 radical (unpaired) electrons. The number of rotatable bonds is 2. The molecule has 90 valence electrons. The standard InChI is InChI=1S/C11H8N4O2S/c16-7-1-3-8(4-2-7)18-10-5-9-13-14-11(17)15(9)6-12-10/h1-6,16H,(H,14,17). The highest BCUT2D eigenvalue weighted by Gasteiger charge is 2.04. The number of nitrogens with zero attached hydrogens (tertiary/aromatic N) is 3. The van der Waals surface area contributed by atoms with Crippen molar-refractivity contribution in [1.82, 2.24) is 19.6 Å². The van der Waals surface area contributed by atoms with Crippen molar-refractivity contribution < 1.29 is 5.11 Å². The number of phenols is 1. The van der Waals surface area contributed by atoms with E-state index >= 15 is 0 Å². The second kappa shape index (κ2) is 4.19. The lowest BCUT2D eigenvalue weighted by Crippen LogP contribution is -2.09. The Hall–Kier alpha value is -2.28. The van der Waals surface area contributed by atoms with Crippen molar-refractivity contribution >= 4 is 17.4 Å². The number of aromatic nitrogens is 4. The summed E-state index contributed by atoms with van der Waals surface area (Å²) >= 11 is 1.43. The van der Waals surface area contributed by atoms with Crippen LogP contribution in [0.4, 0.5) is 0 Å². The van der Waals surface area contributed by atoms with Crippen LogP contribution in [0.1, 0.15) is 0 Å². The molecule has 0 saturated carbocycles. The molecule has 3 rings (SSSR count). The highest BCUT2D eigenvalue weighted by atomic mass is 32.2. The number of nitrogens with one attached hydrogen (secondary N) is 1. The van der Waals surface area contributed by atoms with Crippen molar-refractivity contribution in [2.45, 2.75) is 9.92 Å². The summed E-state index contributed by atoms with van der Waals surface area (Å²) in [5.74, 6) is 0.224. The molecule has 0 saturated heterocycles. The van der Waals surface area contributed by atoms with Crippen molar-refractivity contribution in [1.29, 1.82) is 0 Å². The topological polar surface area (TPSA) is 83.3 Å². The minimum absolute atomic E-state index is 0.224.